The molecule has 2 rings (SSSR count). The fourth-order valence-electron chi connectivity index (χ4n) is 2.13. The molecular weight excluding hydrogens is 414 g/mol. The molecule has 3 amide bonds. The third-order valence-corrected chi connectivity index (χ3v) is 3.87. The fourth-order valence-corrected chi connectivity index (χ4v) is 2.53. The molecule has 0 radical (unpaired) electrons. The highest BCUT2D eigenvalue weighted by atomic mass is 79.9. The van der Waals surface area contributed by atoms with E-state index in [-0.39, 0.29) is 30.9 Å². The monoisotopic (exact) mass is 433 g/mol. The smallest absolute Gasteiger partial charge is 0.257 e. The van der Waals surface area contributed by atoms with Gasteiger partial charge in [0.1, 0.15) is 5.75 Å². The molecule has 7 nitrogen and oxygen atoms in total. The van der Waals surface area contributed by atoms with Gasteiger partial charge < -0.3 is 20.7 Å². The molecule has 8 heteroatoms. The lowest BCUT2D eigenvalue weighted by Crippen LogP contribution is -2.32. The second-order valence-corrected chi connectivity index (χ2v) is 6.42. The van der Waals surface area contributed by atoms with Crippen molar-refractivity contribution in [1.82, 2.24) is 10.6 Å². The third kappa shape index (κ3) is 7.10. The van der Waals surface area contributed by atoms with Crippen LogP contribution in [0, 0.1) is 0 Å². The van der Waals surface area contributed by atoms with E-state index in [1.165, 1.54) is 0 Å². The lowest BCUT2D eigenvalue weighted by molar-refractivity contribution is -0.123. The maximum absolute atomic E-state index is 12.0. The average molecular weight is 434 g/mol. The van der Waals surface area contributed by atoms with E-state index in [1.54, 1.807) is 42.5 Å². The zero-order valence-corrected chi connectivity index (χ0v) is 16.3. The minimum Gasteiger partial charge on any atom is -0.484 e. The molecule has 3 N–H and O–H groups in total. The minimum atomic E-state index is -0.352. The standard InChI is InChI=1S/C19H20BrN3O4/c1-2-21-18(25)12-27-16-8-6-15(7-9-16)23-17(24)11-22-19(26)13-4-3-5-14(20)10-13/h3-10H,2,11-12H2,1H3,(H,21,25)(H,22,26)(H,23,24). The Kier molecular flexibility index (Phi) is 7.81. The van der Waals surface area contributed by atoms with Gasteiger partial charge in [0.05, 0.1) is 6.54 Å². The predicted octanol–water partition coefficient (Wildman–Crippen LogP) is 2.33. The lowest BCUT2D eigenvalue weighted by Gasteiger charge is -2.09. The number of rotatable bonds is 8. The van der Waals surface area contributed by atoms with Crippen LogP contribution in [-0.4, -0.2) is 37.4 Å². The van der Waals surface area contributed by atoms with E-state index in [9.17, 15) is 14.4 Å². The molecule has 27 heavy (non-hydrogen) atoms. The summed E-state index contributed by atoms with van der Waals surface area (Å²) in [6.07, 6.45) is 0. The number of ether oxygens (including phenoxy) is 1. The summed E-state index contributed by atoms with van der Waals surface area (Å²) in [7, 11) is 0. The summed E-state index contributed by atoms with van der Waals surface area (Å²) in [5.41, 5.74) is 1.02. The Morgan fingerprint density at radius 2 is 1.74 bits per heavy atom. The van der Waals surface area contributed by atoms with Crippen LogP contribution < -0.4 is 20.7 Å². The van der Waals surface area contributed by atoms with E-state index < -0.39 is 0 Å². The van der Waals surface area contributed by atoms with Crippen molar-refractivity contribution < 1.29 is 19.1 Å². The van der Waals surface area contributed by atoms with E-state index in [1.807, 2.05) is 13.0 Å². The van der Waals surface area contributed by atoms with Crippen molar-refractivity contribution in [3.8, 4) is 5.75 Å². The summed E-state index contributed by atoms with van der Waals surface area (Å²) in [5, 5.41) is 7.87. The van der Waals surface area contributed by atoms with Crippen molar-refractivity contribution in [1.29, 1.82) is 0 Å². The molecule has 0 aliphatic carbocycles. The number of nitrogens with one attached hydrogen (secondary N) is 3. The van der Waals surface area contributed by atoms with Gasteiger partial charge in [0, 0.05) is 22.3 Å². The molecule has 0 fully saturated rings. The molecule has 2 aromatic rings. The number of anilines is 1. The van der Waals surface area contributed by atoms with Crippen LogP contribution in [0.15, 0.2) is 53.0 Å². The largest absolute Gasteiger partial charge is 0.484 e. The molecule has 0 saturated heterocycles. The number of amides is 3. The molecule has 0 aromatic heterocycles. The number of carbonyl (C=O) groups is 3. The summed E-state index contributed by atoms with van der Waals surface area (Å²) < 4.78 is 6.12. The topological polar surface area (TPSA) is 96.5 Å². The first-order chi connectivity index (χ1) is 13.0. The normalized spacial score (nSPS) is 10.0. The molecule has 0 aliphatic heterocycles. The molecule has 2 aromatic carbocycles. The SMILES string of the molecule is CCNC(=O)COc1ccc(NC(=O)CNC(=O)c2cccc(Br)c2)cc1. The zero-order valence-electron chi connectivity index (χ0n) is 14.8. The van der Waals surface area contributed by atoms with E-state index in [0.29, 0.717) is 23.5 Å². The molecule has 0 bridgehead atoms. The molecular formula is C19H20BrN3O4. The molecule has 0 aliphatic rings. The van der Waals surface area contributed by atoms with Gasteiger partial charge in [0.25, 0.3) is 11.8 Å². The Bertz CT molecular complexity index is 809. The fraction of sp³-hybridized carbons (Fsp3) is 0.211. The third-order valence-electron chi connectivity index (χ3n) is 3.38. The van der Waals surface area contributed by atoms with Gasteiger partial charge in [0.15, 0.2) is 6.61 Å². The number of hydrogen-bond acceptors (Lipinski definition) is 4. The predicted molar refractivity (Wildman–Crippen MR) is 106 cm³/mol. The van der Waals surface area contributed by atoms with E-state index >= 15 is 0 Å². The lowest BCUT2D eigenvalue weighted by atomic mass is 10.2. The van der Waals surface area contributed by atoms with Gasteiger partial charge in [-0.3, -0.25) is 14.4 Å². The van der Waals surface area contributed by atoms with Crippen LogP contribution in [0.25, 0.3) is 0 Å². The summed E-state index contributed by atoms with van der Waals surface area (Å²) in [4.78, 5) is 35.3. The number of halogens is 1. The van der Waals surface area contributed by atoms with Crippen molar-refractivity contribution in [3.63, 3.8) is 0 Å². The number of hydrogen-bond donors (Lipinski definition) is 3. The van der Waals surface area contributed by atoms with Crippen LogP contribution in [0.1, 0.15) is 17.3 Å². The van der Waals surface area contributed by atoms with E-state index in [0.717, 1.165) is 4.47 Å². The molecule has 0 atom stereocenters. The van der Waals surface area contributed by atoms with Gasteiger partial charge in [0.2, 0.25) is 5.91 Å². The number of benzene rings is 2. The molecule has 0 spiro atoms. The van der Waals surface area contributed by atoms with Crippen LogP contribution in [0.5, 0.6) is 5.75 Å². The molecule has 0 saturated carbocycles. The number of carbonyl (C=O) groups excluding carboxylic acids is 3. The Morgan fingerprint density at radius 3 is 2.41 bits per heavy atom. The first-order valence-corrected chi connectivity index (χ1v) is 9.10. The van der Waals surface area contributed by atoms with E-state index in [4.69, 9.17) is 4.74 Å². The van der Waals surface area contributed by atoms with E-state index in [2.05, 4.69) is 31.9 Å². The Labute approximate surface area is 165 Å². The van der Waals surface area contributed by atoms with Crippen molar-refractivity contribution in [2.24, 2.45) is 0 Å². The zero-order chi connectivity index (χ0) is 19.6. The van der Waals surface area contributed by atoms with Crippen molar-refractivity contribution in [2.45, 2.75) is 6.92 Å². The van der Waals surface area contributed by atoms with Crippen molar-refractivity contribution >= 4 is 39.3 Å². The van der Waals surface area contributed by atoms with Crippen LogP contribution in [-0.2, 0) is 9.59 Å². The Hall–Kier alpha value is -2.87. The molecule has 0 unspecified atom stereocenters. The first kappa shape index (κ1) is 20.4. The van der Waals surface area contributed by atoms with Gasteiger partial charge in [-0.2, -0.15) is 0 Å². The van der Waals surface area contributed by atoms with Crippen LogP contribution in [0.3, 0.4) is 0 Å². The van der Waals surface area contributed by atoms with Gasteiger partial charge >= 0.3 is 0 Å². The maximum atomic E-state index is 12.0. The minimum absolute atomic E-state index is 0.0683. The van der Waals surface area contributed by atoms with Gasteiger partial charge in [-0.15, -0.1) is 0 Å². The highest BCUT2D eigenvalue weighted by Crippen LogP contribution is 2.15. The summed E-state index contributed by atoms with van der Waals surface area (Å²) in [6, 6.07) is 13.5. The number of likely N-dealkylation sites (N-methyl/N-ethyl adjacent to an activating group) is 1. The first-order valence-electron chi connectivity index (χ1n) is 8.31. The van der Waals surface area contributed by atoms with Gasteiger partial charge in [-0.05, 0) is 49.4 Å². The highest BCUT2D eigenvalue weighted by Gasteiger charge is 2.09. The van der Waals surface area contributed by atoms with Crippen molar-refractivity contribution in [3.05, 3.63) is 58.6 Å². The second kappa shape index (κ2) is 10.3. The molecule has 0 heterocycles. The Balaban J connectivity index is 1.78. The summed E-state index contributed by atoms with van der Waals surface area (Å²) in [6.45, 7) is 2.16. The summed E-state index contributed by atoms with van der Waals surface area (Å²) >= 11 is 3.30. The quantitative estimate of drug-likeness (QED) is 0.594. The van der Waals surface area contributed by atoms with Gasteiger partial charge in [-0.1, -0.05) is 22.0 Å². The highest BCUT2D eigenvalue weighted by molar-refractivity contribution is 9.10. The second-order valence-electron chi connectivity index (χ2n) is 5.51. The van der Waals surface area contributed by atoms with Crippen molar-refractivity contribution in [2.75, 3.05) is 25.0 Å². The Morgan fingerprint density at radius 1 is 1.00 bits per heavy atom. The maximum Gasteiger partial charge on any atom is 0.257 e. The average Bonchev–Trinajstić information content (AvgIpc) is 2.66. The summed E-state index contributed by atoms with van der Waals surface area (Å²) in [5.74, 6) is -0.367. The molecule has 142 valence electrons. The van der Waals surface area contributed by atoms with Crippen LogP contribution in [0.2, 0.25) is 0 Å². The van der Waals surface area contributed by atoms with Crippen LogP contribution >= 0.6 is 15.9 Å². The van der Waals surface area contributed by atoms with Gasteiger partial charge in [-0.25, -0.2) is 0 Å². The van der Waals surface area contributed by atoms with Crippen LogP contribution in [0.4, 0.5) is 5.69 Å².